The second-order valence-corrected chi connectivity index (χ2v) is 9.91. The van der Waals surface area contributed by atoms with Crippen LogP contribution in [-0.4, -0.2) is 9.94 Å². The standard InChI is InChI=1S/C29H26N3/c1-17-14-18(2)25-26-20(17)8-7-9-24(26)32-23-11-10-19(16-29(3,4)30-5)15-22(23)21-12-13-31(6)28(25)27(21)32/h7-15H,16H2,1-4,6H3/q+1. The predicted molar refractivity (Wildman–Crippen MR) is 134 cm³/mol. The van der Waals surface area contributed by atoms with Crippen LogP contribution in [0.4, 0.5) is 0 Å². The maximum atomic E-state index is 7.54. The Labute approximate surface area is 187 Å². The van der Waals surface area contributed by atoms with E-state index in [0.29, 0.717) is 0 Å². The van der Waals surface area contributed by atoms with E-state index in [2.05, 4.69) is 89.4 Å². The molecular formula is C29H26N3+. The minimum absolute atomic E-state index is 0.395. The van der Waals surface area contributed by atoms with Crippen molar-refractivity contribution in [1.29, 1.82) is 0 Å². The first-order valence-corrected chi connectivity index (χ1v) is 11.2. The highest BCUT2D eigenvalue weighted by atomic mass is 15.0. The fourth-order valence-electron chi connectivity index (χ4n) is 5.68. The molecule has 0 radical (unpaired) electrons. The monoisotopic (exact) mass is 416 g/mol. The molecule has 3 aromatic heterocycles. The number of rotatable bonds is 2. The average Bonchev–Trinajstić information content (AvgIpc) is 3.09. The molecule has 3 heteroatoms. The third-order valence-electron chi connectivity index (χ3n) is 7.07. The SMILES string of the molecule is [C-]#[N+]C(C)(C)Cc1ccc2c(c1)c1cc[n+](C)c3c4c(C)cc(C)c5cccc(c54)n2c13. The zero-order valence-electron chi connectivity index (χ0n) is 19.2. The van der Waals surface area contributed by atoms with Crippen molar-refractivity contribution >= 4 is 49.0 Å². The van der Waals surface area contributed by atoms with Gasteiger partial charge in [0.2, 0.25) is 11.1 Å². The Kier molecular flexibility index (Phi) is 3.70. The normalized spacial score (nSPS) is 12.6. The Morgan fingerprint density at radius 1 is 0.906 bits per heavy atom. The van der Waals surface area contributed by atoms with Crippen molar-refractivity contribution in [1.82, 2.24) is 4.40 Å². The molecule has 0 aliphatic carbocycles. The van der Waals surface area contributed by atoms with Crippen molar-refractivity contribution < 1.29 is 4.57 Å². The van der Waals surface area contributed by atoms with Crippen LogP contribution in [0.1, 0.15) is 30.5 Å². The lowest BCUT2D eigenvalue weighted by atomic mass is 9.94. The van der Waals surface area contributed by atoms with Crippen molar-refractivity contribution in [3.05, 3.63) is 82.8 Å². The van der Waals surface area contributed by atoms with Crippen molar-refractivity contribution in [2.75, 3.05) is 0 Å². The van der Waals surface area contributed by atoms with E-state index >= 15 is 0 Å². The van der Waals surface area contributed by atoms with Gasteiger partial charge in [-0.3, -0.25) is 0 Å². The Hall–Kier alpha value is -3.64. The molecule has 0 saturated heterocycles. The minimum Gasteiger partial charge on any atom is -0.311 e. The second kappa shape index (κ2) is 6.20. The molecule has 0 atom stereocenters. The van der Waals surface area contributed by atoms with E-state index in [4.69, 9.17) is 6.57 Å². The van der Waals surface area contributed by atoms with Crippen LogP contribution in [0, 0.1) is 20.4 Å². The van der Waals surface area contributed by atoms with Gasteiger partial charge >= 0.3 is 0 Å². The predicted octanol–water partition coefficient (Wildman–Crippen LogP) is 6.67. The van der Waals surface area contributed by atoms with Crippen LogP contribution in [0.3, 0.4) is 0 Å². The topological polar surface area (TPSA) is 12.7 Å². The summed E-state index contributed by atoms with van der Waals surface area (Å²) in [6, 6.07) is 18.0. The molecule has 3 nitrogen and oxygen atoms in total. The number of fused-ring (bicyclic) bond motifs is 5. The Bertz CT molecular complexity index is 1760. The number of benzene rings is 3. The largest absolute Gasteiger partial charge is 0.311 e. The summed E-state index contributed by atoms with van der Waals surface area (Å²) in [6.45, 7) is 16.0. The Morgan fingerprint density at radius 2 is 1.72 bits per heavy atom. The van der Waals surface area contributed by atoms with Crippen LogP contribution in [0.2, 0.25) is 0 Å². The lowest BCUT2D eigenvalue weighted by Crippen LogP contribution is -2.29. The first-order chi connectivity index (χ1) is 15.3. The van der Waals surface area contributed by atoms with Crippen LogP contribution in [0.15, 0.2) is 54.7 Å². The quantitative estimate of drug-likeness (QED) is 0.129. The number of aryl methyl sites for hydroxylation is 3. The van der Waals surface area contributed by atoms with Gasteiger partial charge in [-0.1, -0.05) is 24.3 Å². The summed E-state index contributed by atoms with van der Waals surface area (Å²) >= 11 is 0. The van der Waals surface area contributed by atoms with E-state index in [-0.39, 0.29) is 0 Å². The van der Waals surface area contributed by atoms with E-state index in [9.17, 15) is 0 Å². The fraction of sp³-hybridized carbons (Fsp3) is 0.241. The van der Waals surface area contributed by atoms with Crippen LogP contribution < -0.4 is 4.57 Å². The number of hydrogen-bond acceptors (Lipinski definition) is 0. The third-order valence-corrected chi connectivity index (χ3v) is 7.07. The molecule has 156 valence electrons. The van der Waals surface area contributed by atoms with E-state index in [1.54, 1.807) is 0 Å². The van der Waals surface area contributed by atoms with Gasteiger partial charge in [0, 0.05) is 36.1 Å². The van der Waals surface area contributed by atoms with Crippen LogP contribution >= 0.6 is 0 Å². The highest BCUT2D eigenvalue weighted by Gasteiger charge is 2.26. The zero-order valence-corrected chi connectivity index (χ0v) is 19.2. The maximum Gasteiger partial charge on any atom is 0.238 e. The Balaban J connectivity index is 1.88. The number of hydrogen-bond donors (Lipinski definition) is 0. The van der Waals surface area contributed by atoms with Gasteiger partial charge in [0.25, 0.3) is 0 Å². The van der Waals surface area contributed by atoms with Gasteiger partial charge in [0.15, 0.2) is 6.20 Å². The van der Waals surface area contributed by atoms with Gasteiger partial charge in [-0.25, -0.2) is 6.57 Å². The van der Waals surface area contributed by atoms with Crippen LogP contribution in [-0.2, 0) is 13.5 Å². The number of aromatic nitrogens is 2. The molecule has 0 saturated carbocycles. The van der Waals surface area contributed by atoms with Gasteiger partial charge in [-0.05, 0) is 54.1 Å². The molecule has 0 bridgehead atoms. The van der Waals surface area contributed by atoms with Crippen LogP contribution in [0.25, 0.3) is 53.8 Å². The third kappa shape index (κ3) is 2.38. The fourth-order valence-corrected chi connectivity index (χ4v) is 5.68. The summed E-state index contributed by atoms with van der Waals surface area (Å²) in [5.41, 5.74) is 8.51. The van der Waals surface area contributed by atoms with Crippen molar-refractivity contribution in [2.45, 2.75) is 39.7 Å². The smallest absolute Gasteiger partial charge is 0.238 e. The minimum atomic E-state index is -0.395. The molecule has 3 heterocycles. The van der Waals surface area contributed by atoms with E-state index in [1.165, 1.54) is 65.7 Å². The average molecular weight is 417 g/mol. The van der Waals surface area contributed by atoms with Gasteiger partial charge in [0.05, 0.1) is 22.8 Å². The first kappa shape index (κ1) is 19.1. The molecular weight excluding hydrogens is 390 g/mol. The number of pyridine rings is 2. The zero-order chi connectivity index (χ0) is 22.4. The molecule has 6 rings (SSSR count). The molecule has 0 N–H and O–H groups in total. The summed E-state index contributed by atoms with van der Waals surface area (Å²) in [5, 5.41) is 6.55. The van der Waals surface area contributed by atoms with E-state index < -0.39 is 5.54 Å². The summed E-state index contributed by atoms with van der Waals surface area (Å²) in [6.07, 6.45) is 2.94. The van der Waals surface area contributed by atoms with Crippen LogP contribution in [0.5, 0.6) is 0 Å². The first-order valence-electron chi connectivity index (χ1n) is 11.2. The maximum absolute atomic E-state index is 7.54. The van der Waals surface area contributed by atoms with Gasteiger partial charge < -0.3 is 9.25 Å². The summed E-state index contributed by atoms with van der Waals surface area (Å²) in [5.74, 6) is 0. The molecule has 0 spiro atoms. The summed E-state index contributed by atoms with van der Waals surface area (Å²) < 4.78 is 4.73. The molecule has 32 heavy (non-hydrogen) atoms. The molecule has 0 unspecified atom stereocenters. The van der Waals surface area contributed by atoms with Gasteiger partial charge in [-0.15, -0.1) is 0 Å². The summed E-state index contributed by atoms with van der Waals surface area (Å²) in [7, 11) is 2.15. The Morgan fingerprint density at radius 3 is 2.50 bits per heavy atom. The highest BCUT2D eigenvalue weighted by molar-refractivity contribution is 6.26. The van der Waals surface area contributed by atoms with Gasteiger partial charge in [-0.2, -0.15) is 4.57 Å². The molecule has 3 aromatic carbocycles. The van der Waals surface area contributed by atoms with E-state index in [0.717, 1.165) is 6.42 Å². The lowest BCUT2D eigenvalue weighted by Gasteiger charge is -2.14. The lowest BCUT2D eigenvalue weighted by molar-refractivity contribution is -0.644. The van der Waals surface area contributed by atoms with Gasteiger partial charge in [0.1, 0.15) is 12.6 Å². The van der Waals surface area contributed by atoms with E-state index in [1.807, 2.05) is 13.8 Å². The molecule has 0 amide bonds. The summed E-state index contributed by atoms with van der Waals surface area (Å²) in [4.78, 5) is 3.83. The molecule has 0 fully saturated rings. The molecule has 0 aliphatic heterocycles. The van der Waals surface area contributed by atoms with Crippen molar-refractivity contribution in [3.63, 3.8) is 0 Å². The highest BCUT2D eigenvalue weighted by Crippen LogP contribution is 2.41. The molecule has 6 aromatic rings. The molecule has 0 aliphatic rings. The van der Waals surface area contributed by atoms with Crippen molar-refractivity contribution in [3.8, 4) is 0 Å². The number of nitrogens with zero attached hydrogens (tertiary/aromatic N) is 3. The second-order valence-electron chi connectivity index (χ2n) is 9.91. The van der Waals surface area contributed by atoms with Crippen molar-refractivity contribution in [2.24, 2.45) is 7.05 Å².